The second-order valence-corrected chi connectivity index (χ2v) is 6.52. The van der Waals surface area contributed by atoms with Gasteiger partial charge in [0, 0.05) is 12.2 Å². The summed E-state index contributed by atoms with van der Waals surface area (Å²) < 4.78 is 0. The molecule has 1 rings (SSSR count). The average molecular weight is 330 g/mol. The highest BCUT2D eigenvalue weighted by Gasteiger charge is 2.35. The maximum Gasteiger partial charge on any atom is 0.326 e. The lowest BCUT2D eigenvalue weighted by Gasteiger charge is -2.24. The number of aliphatic carboxylic acids is 1. The number of hydrogen-bond acceptors (Lipinski definition) is 4. The molecule has 2 unspecified atom stereocenters. The molecule has 1 fully saturated rings. The van der Waals surface area contributed by atoms with Crippen LogP contribution in [0, 0.1) is 0 Å². The summed E-state index contributed by atoms with van der Waals surface area (Å²) in [7, 11) is 0. The maximum atomic E-state index is 12.3. The van der Waals surface area contributed by atoms with Crippen molar-refractivity contribution < 1.29 is 19.5 Å². The van der Waals surface area contributed by atoms with Crippen LogP contribution in [0.4, 0.5) is 0 Å². The highest BCUT2D eigenvalue weighted by atomic mass is 32.2. The average Bonchev–Trinajstić information content (AvgIpc) is 2.98. The number of unbranched alkanes of at least 4 members (excludes halogenated alkanes) is 2. The molecule has 0 spiro atoms. The van der Waals surface area contributed by atoms with Gasteiger partial charge < -0.3 is 15.3 Å². The van der Waals surface area contributed by atoms with Crippen LogP contribution >= 0.6 is 11.8 Å². The Balaban J connectivity index is 2.61. The van der Waals surface area contributed by atoms with Gasteiger partial charge in [0.25, 0.3) is 0 Å². The first kappa shape index (κ1) is 18.8. The first-order valence-electron chi connectivity index (χ1n) is 7.91. The highest BCUT2D eigenvalue weighted by molar-refractivity contribution is 7.99. The highest BCUT2D eigenvalue weighted by Crippen LogP contribution is 2.22. The van der Waals surface area contributed by atoms with Crippen LogP contribution < -0.4 is 5.32 Å². The Morgan fingerprint density at radius 1 is 1.27 bits per heavy atom. The second kappa shape index (κ2) is 9.71. The van der Waals surface area contributed by atoms with Crippen molar-refractivity contribution in [1.29, 1.82) is 0 Å². The molecule has 1 aliphatic heterocycles. The first-order valence-corrected chi connectivity index (χ1v) is 9.07. The van der Waals surface area contributed by atoms with Crippen LogP contribution in [0.5, 0.6) is 0 Å². The monoisotopic (exact) mass is 330 g/mol. The van der Waals surface area contributed by atoms with Gasteiger partial charge in [-0.1, -0.05) is 33.1 Å². The molecular weight excluding hydrogens is 304 g/mol. The van der Waals surface area contributed by atoms with E-state index in [9.17, 15) is 19.5 Å². The summed E-state index contributed by atoms with van der Waals surface area (Å²) in [5, 5.41) is 11.8. The van der Waals surface area contributed by atoms with Crippen molar-refractivity contribution in [2.75, 3.05) is 11.6 Å². The van der Waals surface area contributed by atoms with Crippen molar-refractivity contribution >= 4 is 29.5 Å². The smallest absolute Gasteiger partial charge is 0.326 e. The molecule has 7 heteroatoms. The van der Waals surface area contributed by atoms with E-state index in [0.717, 1.165) is 25.7 Å². The minimum atomic E-state index is -1.02. The van der Waals surface area contributed by atoms with Gasteiger partial charge in [-0.3, -0.25) is 9.59 Å². The van der Waals surface area contributed by atoms with Gasteiger partial charge in [0.1, 0.15) is 12.1 Å². The van der Waals surface area contributed by atoms with Gasteiger partial charge in [0.05, 0.1) is 5.88 Å². The Bertz CT molecular complexity index is 403. The third-order valence-electron chi connectivity index (χ3n) is 3.71. The van der Waals surface area contributed by atoms with Gasteiger partial charge in [-0.2, -0.15) is 0 Å². The third-order valence-corrected chi connectivity index (χ3v) is 4.72. The lowest BCUT2D eigenvalue weighted by molar-refractivity contribution is -0.143. The molecule has 0 aromatic rings. The molecule has 126 valence electrons. The summed E-state index contributed by atoms with van der Waals surface area (Å²) in [6, 6.07) is -1.41. The van der Waals surface area contributed by atoms with Gasteiger partial charge in [-0.05, 0) is 12.8 Å². The van der Waals surface area contributed by atoms with E-state index in [-0.39, 0.29) is 11.8 Å². The van der Waals surface area contributed by atoms with Crippen LogP contribution in [0.2, 0.25) is 0 Å². The molecule has 0 aromatic heterocycles. The molecule has 1 aliphatic rings. The van der Waals surface area contributed by atoms with Crippen molar-refractivity contribution in [3.05, 3.63) is 0 Å². The quantitative estimate of drug-likeness (QED) is 0.673. The minimum Gasteiger partial charge on any atom is -0.480 e. The van der Waals surface area contributed by atoms with E-state index in [2.05, 4.69) is 5.32 Å². The van der Waals surface area contributed by atoms with E-state index in [1.807, 2.05) is 13.8 Å². The number of carboxylic acid groups (broad SMARTS) is 1. The lowest BCUT2D eigenvalue weighted by Crippen LogP contribution is -2.51. The maximum absolute atomic E-state index is 12.3. The number of amides is 2. The summed E-state index contributed by atoms with van der Waals surface area (Å²) in [5.41, 5.74) is 0. The van der Waals surface area contributed by atoms with E-state index in [1.54, 1.807) is 4.90 Å². The van der Waals surface area contributed by atoms with Crippen LogP contribution in [0.15, 0.2) is 0 Å². The van der Waals surface area contributed by atoms with Gasteiger partial charge in [-0.25, -0.2) is 4.79 Å². The molecule has 2 atom stereocenters. The number of nitrogens with zero attached hydrogens (tertiary/aromatic N) is 1. The van der Waals surface area contributed by atoms with Gasteiger partial charge in [-0.15, -0.1) is 11.8 Å². The van der Waals surface area contributed by atoms with Crippen LogP contribution in [-0.2, 0) is 14.4 Å². The van der Waals surface area contributed by atoms with Crippen molar-refractivity contribution in [3.63, 3.8) is 0 Å². The Morgan fingerprint density at radius 3 is 2.55 bits per heavy atom. The number of carbonyl (C=O) groups excluding carboxylic acids is 2. The van der Waals surface area contributed by atoms with Crippen LogP contribution in [-0.4, -0.2) is 51.5 Å². The number of carbonyl (C=O) groups is 3. The van der Waals surface area contributed by atoms with Crippen LogP contribution in [0.3, 0.4) is 0 Å². The summed E-state index contributed by atoms with van der Waals surface area (Å²) in [4.78, 5) is 37.2. The fourth-order valence-corrected chi connectivity index (χ4v) is 3.49. The Hall–Kier alpha value is -1.24. The van der Waals surface area contributed by atoms with Crippen molar-refractivity contribution in [1.82, 2.24) is 10.2 Å². The summed E-state index contributed by atoms with van der Waals surface area (Å²) >= 11 is 1.53. The SMILES string of the molecule is CCCCC(=O)N1CSCC1C(=O)NC(CCCC)C(=O)O. The van der Waals surface area contributed by atoms with Gasteiger partial charge >= 0.3 is 5.97 Å². The van der Waals surface area contributed by atoms with E-state index >= 15 is 0 Å². The zero-order valence-corrected chi connectivity index (χ0v) is 14.2. The van der Waals surface area contributed by atoms with Crippen LogP contribution in [0.25, 0.3) is 0 Å². The summed E-state index contributed by atoms with van der Waals surface area (Å²) in [6.07, 6.45) is 4.22. The zero-order chi connectivity index (χ0) is 16.5. The topological polar surface area (TPSA) is 86.7 Å². The van der Waals surface area contributed by atoms with E-state index in [4.69, 9.17) is 0 Å². The van der Waals surface area contributed by atoms with Gasteiger partial charge in [0.2, 0.25) is 11.8 Å². The predicted octanol–water partition coefficient (Wildman–Crippen LogP) is 1.84. The second-order valence-electron chi connectivity index (χ2n) is 5.52. The van der Waals surface area contributed by atoms with E-state index in [1.165, 1.54) is 11.8 Å². The summed E-state index contributed by atoms with van der Waals surface area (Å²) in [5.74, 6) is -0.348. The third kappa shape index (κ3) is 5.51. The molecule has 1 saturated heterocycles. The largest absolute Gasteiger partial charge is 0.480 e. The lowest BCUT2D eigenvalue weighted by atomic mass is 10.1. The fourth-order valence-electron chi connectivity index (χ4n) is 2.31. The standard InChI is InChI=1S/C15H26N2O4S/c1-3-5-7-11(15(20)21)16-14(19)12-9-22-10-17(12)13(18)8-6-4-2/h11-12H,3-10H2,1-2H3,(H,16,19)(H,20,21). The molecule has 6 nitrogen and oxygen atoms in total. The van der Waals surface area contributed by atoms with Gasteiger partial charge in [0.15, 0.2) is 0 Å². The molecule has 0 bridgehead atoms. The number of carboxylic acids is 1. The van der Waals surface area contributed by atoms with E-state index in [0.29, 0.717) is 24.5 Å². The number of hydrogen-bond donors (Lipinski definition) is 2. The predicted molar refractivity (Wildman–Crippen MR) is 86.6 cm³/mol. The minimum absolute atomic E-state index is 0.0209. The first-order chi connectivity index (χ1) is 10.5. The normalized spacial score (nSPS) is 19.0. The number of rotatable bonds is 9. The molecule has 0 aromatic carbocycles. The molecular formula is C15H26N2O4S. The summed E-state index contributed by atoms with van der Waals surface area (Å²) in [6.45, 7) is 3.99. The molecule has 0 radical (unpaired) electrons. The molecule has 22 heavy (non-hydrogen) atoms. The molecule has 2 amide bonds. The molecule has 2 N–H and O–H groups in total. The van der Waals surface area contributed by atoms with Crippen molar-refractivity contribution in [2.45, 2.75) is 64.5 Å². The molecule has 0 saturated carbocycles. The fraction of sp³-hybridized carbons (Fsp3) is 0.800. The number of nitrogens with one attached hydrogen (secondary N) is 1. The van der Waals surface area contributed by atoms with Crippen LogP contribution in [0.1, 0.15) is 52.4 Å². The zero-order valence-electron chi connectivity index (χ0n) is 13.3. The Labute approximate surface area is 136 Å². The molecule has 1 heterocycles. The van der Waals surface area contributed by atoms with E-state index < -0.39 is 18.1 Å². The number of thioether (sulfide) groups is 1. The Morgan fingerprint density at radius 2 is 1.95 bits per heavy atom. The Kier molecular flexibility index (Phi) is 8.30. The van der Waals surface area contributed by atoms with Crippen molar-refractivity contribution in [2.24, 2.45) is 0 Å². The van der Waals surface area contributed by atoms with Crippen molar-refractivity contribution in [3.8, 4) is 0 Å². The molecule has 0 aliphatic carbocycles.